The second-order valence-corrected chi connectivity index (χ2v) is 8.20. The summed E-state index contributed by atoms with van der Waals surface area (Å²) >= 11 is 1.72. The van der Waals surface area contributed by atoms with Crippen LogP contribution in [-0.4, -0.2) is 51.2 Å². The number of hydrogen-bond acceptors (Lipinski definition) is 8. The van der Waals surface area contributed by atoms with Crippen molar-refractivity contribution in [3.63, 3.8) is 0 Å². The highest BCUT2D eigenvalue weighted by Crippen LogP contribution is 2.24. The van der Waals surface area contributed by atoms with E-state index < -0.39 is 0 Å². The number of rotatable bonds is 5. The largest absolute Gasteiger partial charge is 0.354 e. The Kier molecular flexibility index (Phi) is 5.18. The van der Waals surface area contributed by atoms with Gasteiger partial charge in [-0.3, -0.25) is 4.90 Å². The zero-order valence-electron chi connectivity index (χ0n) is 15.9. The number of hydrogen-bond donors (Lipinski definition) is 0. The fourth-order valence-corrected chi connectivity index (χ4v) is 3.76. The molecule has 8 heteroatoms. The molecule has 7 nitrogen and oxygen atoms in total. The van der Waals surface area contributed by atoms with Crippen molar-refractivity contribution >= 4 is 17.2 Å². The third-order valence-corrected chi connectivity index (χ3v) is 5.52. The van der Waals surface area contributed by atoms with Crippen LogP contribution in [0.5, 0.6) is 0 Å². The quantitative estimate of drug-likeness (QED) is 0.668. The molecule has 0 radical (unpaired) electrons. The van der Waals surface area contributed by atoms with E-state index in [0.29, 0.717) is 5.89 Å². The molecule has 0 N–H and O–H groups in total. The summed E-state index contributed by atoms with van der Waals surface area (Å²) in [5, 5.41) is 7.34. The Bertz CT molecular complexity index is 897. The number of aryl methyl sites for hydroxylation is 1. The van der Waals surface area contributed by atoms with Crippen molar-refractivity contribution < 1.29 is 4.52 Å². The molecule has 0 aliphatic carbocycles. The lowest BCUT2D eigenvalue weighted by atomic mass is 10.2. The second-order valence-electron chi connectivity index (χ2n) is 7.14. The van der Waals surface area contributed by atoms with Crippen molar-refractivity contribution in [3.8, 4) is 11.5 Å². The zero-order valence-corrected chi connectivity index (χ0v) is 16.7. The van der Waals surface area contributed by atoms with Gasteiger partial charge in [0.2, 0.25) is 0 Å². The highest BCUT2D eigenvalue weighted by molar-refractivity contribution is 7.09. The Hall–Kier alpha value is -2.32. The van der Waals surface area contributed by atoms with Crippen molar-refractivity contribution in [1.29, 1.82) is 0 Å². The molecule has 0 spiro atoms. The van der Waals surface area contributed by atoms with Crippen LogP contribution in [0.2, 0.25) is 0 Å². The average Bonchev–Trinajstić information content (AvgIpc) is 3.32. The van der Waals surface area contributed by atoms with Gasteiger partial charge in [0.05, 0.1) is 10.7 Å². The van der Waals surface area contributed by atoms with Crippen LogP contribution in [0.15, 0.2) is 28.2 Å². The molecule has 1 fully saturated rings. The molecule has 0 aromatic carbocycles. The maximum absolute atomic E-state index is 5.42. The summed E-state index contributed by atoms with van der Waals surface area (Å²) in [5.41, 5.74) is 2.09. The van der Waals surface area contributed by atoms with Gasteiger partial charge in [0, 0.05) is 55.8 Å². The smallest absolute Gasteiger partial charge is 0.258 e. The highest BCUT2D eigenvalue weighted by atomic mass is 32.1. The second kappa shape index (κ2) is 7.74. The normalized spacial score (nSPS) is 15.6. The molecule has 0 saturated carbocycles. The average molecular weight is 385 g/mol. The van der Waals surface area contributed by atoms with Crippen molar-refractivity contribution in [1.82, 2.24) is 25.0 Å². The minimum atomic E-state index is 0.249. The van der Waals surface area contributed by atoms with E-state index >= 15 is 0 Å². The number of pyridine rings is 1. The van der Waals surface area contributed by atoms with Crippen LogP contribution in [0.4, 0.5) is 5.82 Å². The Morgan fingerprint density at radius 2 is 2.00 bits per heavy atom. The molecule has 1 saturated heterocycles. The van der Waals surface area contributed by atoms with Gasteiger partial charge in [-0.2, -0.15) is 4.98 Å². The maximum atomic E-state index is 5.42. The van der Waals surface area contributed by atoms with E-state index in [2.05, 4.69) is 56.1 Å². The number of piperazine rings is 1. The third kappa shape index (κ3) is 4.17. The van der Waals surface area contributed by atoms with Gasteiger partial charge in [-0.25, -0.2) is 9.97 Å². The van der Waals surface area contributed by atoms with Crippen LogP contribution >= 0.6 is 11.3 Å². The van der Waals surface area contributed by atoms with Gasteiger partial charge in [-0.1, -0.05) is 19.0 Å². The van der Waals surface area contributed by atoms with Crippen LogP contribution in [0.3, 0.4) is 0 Å². The van der Waals surface area contributed by atoms with Crippen LogP contribution in [0, 0.1) is 6.92 Å². The summed E-state index contributed by atoms with van der Waals surface area (Å²) in [6, 6.07) is 3.96. The SMILES string of the molecule is Cc1nc(CN2CCN(c3cc(-c4nc(C(C)C)no4)ccn3)CC2)cs1. The third-order valence-electron chi connectivity index (χ3n) is 4.70. The first-order chi connectivity index (χ1) is 13.1. The molecule has 4 heterocycles. The fraction of sp³-hybridized carbons (Fsp3) is 0.474. The van der Waals surface area contributed by atoms with Gasteiger partial charge in [0.25, 0.3) is 5.89 Å². The van der Waals surface area contributed by atoms with Gasteiger partial charge in [0.1, 0.15) is 5.82 Å². The van der Waals surface area contributed by atoms with Crippen molar-refractivity contribution in [2.24, 2.45) is 0 Å². The zero-order chi connectivity index (χ0) is 18.8. The van der Waals surface area contributed by atoms with E-state index in [1.165, 1.54) is 5.69 Å². The molecule has 27 heavy (non-hydrogen) atoms. The monoisotopic (exact) mass is 384 g/mol. The Morgan fingerprint density at radius 3 is 2.67 bits per heavy atom. The van der Waals surface area contributed by atoms with Crippen molar-refractivity contribution in [2.45, 2.75) is 33.2 Å². The molecule has 1 aliphatic heterocycles. The molecule has 142 valence electrons. The predicted molar refractivity (Wildman–Crippen MR) is 106 cm³/mol. The standard InChI is InChI=1S/C19H24N6OS/c1-13(2)18-22-19(26-23-18)15-4-5-20-17(10-15)25-8-6-24(7-9-25)11-16-12-27-14(3)21-16/h4-5,10,12-13H,6-9,11H2,1-3H3. The Balaban J connectivity index is 1.41. The molecule has 3 aromatic rings. The van der Waals surface area contributed by atoms with E-state index in [1.807, 2.05) is 18.3 Å². The number of nitrogens with zero attached hydrogens (tertiary/aromatic N) is 6. The molecule has 0 amide bonds. The van der Waals surface area contributed by atoms with E-state index in [-0.39, 0.29) is 5.92 Å². The molecule has 0 bridgehead atoms. The highest BCUT2D eigenvalue weighted by Gasteiger charge is 2.20. The van der Waals surface area contributed by atoms with Crippen LogP contribution in [-0.2, 0) is 6.54 Å². The van der Waals surface area contributed by atoms with E-state index in [1.54, 1.807) is 11.3 Å². The molecular formula is C19H24N6OS. The molecular weight excluding hydrogens is 360 g/mol. The Labute approximate surface area is 163 Å². The fourth-order valence-electron chi connectivity index (χ4n) is 3.16. The summed E-state index contributed by atoms with van der Waals surface area (Å²) in [7, 11) is 0. The summed E-state index contributed by atoms with van der Waals surface area (Å²) < 4.78 is 5.42. The van der Waals surface area contributed by atoms with Crippen molar-refractivity contribution in [3.05, 3.63) is 40.2 Å². The lowest BCUT2D eigenvalue weighted by molar-refractivity contribution is 0.247. The predicted octanol–water partition coefficient (Wildman–Crippen LogP) is 3.34. The topological polar surface area (TPSA) is 71.2 Å². The molecule has 0 unspecified atom stereocenters. The van der Waals surface area contributed by atoms with E-state index in [0.717, 1.165) is 54.9 Å². The lowest BCUT2D eigenvalue weighted by Gasteiger charge is -2.35. The minimum absolute atomic E-state index is 0.249. The Morgan fingerprint density at radius 1 is 1.19 bits per heavy atom. The first-order valence-electron chi connectivity index (χ1n) is 9.27. The van der Waals surface area contributed by atoms with Gasteiger partial charge < -0.3 is 9.42 Å². The number of aromatic nitrogens is 4. The summed E-state index contributed by atoms with van der Waals surface area (Å²) in [6.07, 6.45) is 1.81. The van der Waals surface area contributed by atoms with Crippen LogP contribution in [0.1, 0.15) is 36.3 Å². The molecule has 1 aliphatic rings. The van der Waals surface area contributed by atoms with Crippen LogP contribution in [0.25, 0.3) is 11.5 Å². The summed E-state index contributed by atoms with van der Waals surface area (Å²) in [4.78, 5) is 18.4. The first-order valence-corrected chi connectivity index (χ1v) is 10.1. The van der Waals surface area contributed by atoms with E-state index in [9.17, 15) is 0 Å². The molecule has 4 rings (SSSR count). The van der Waals surface area contributed by atoms with Crippen molar-refractivity contribution in [2.75, 3.05) is 31.1 Å². The first kappa shape index (κ1) is 18.1. The number of thiazole rings is 1. The minimum Gasteiger partial charge on any atom is -0.354 e. The maximum Gasteiger partial charge on any atom is 0.258 e. The van der Waals surface area contributed by atoms with Gasteiger partial charge in [-0.05, 0) is 19.1 Å². The lowest BCUT2D eigenvalue weighted by Crippen LogP contribution is -2.46. The summed E-state index contributed by atoms with van der Waals surface area (Å²) in [5.74, 6) is 2.49. The van der Waals surface area contributed by atoms with Gasteiger partial charge in [0.15, 0.2) is 5.82 Å². The summed E-state index contributed by atoms with van der Waals surface area (Å²) in [6.45, 7) is 11.0. The number of anilines is 1. The molecule has 3 aromatic heterocycles. The molecule has 0 atom stereocenters. The van der Waals surface area contributed by atoms with Crippen LogP contribution < -0.4 is 4.90 Å². The van der Waals surface area contributed by atoms with E-state index in [4.69, 9.17) is 4.52 Å². The van der Waals surface area contributed by atoms with Gasteiger partial charge >= 0.3 is 0 Å². The van der Waals surface area contributed by atoms with Gasteiger partial charge in [-0.15, -0.1) is 11.3 Å².